The molecule has 0 aromatic heterocycles. The van der Waals surface area contributed by atoms with E-state index < -0.39 is 11.8 Å². The quantitative estimate of drug-likeness (QED) is 0.360. The Bertz CT molecular complexity index is 774. The van der Waals surface area contributed by atoms with Gasteiger partial charge in [0, 0.05) is 30.4 Å². The van der Waals surface area contributed by atoms with Crippen molar-refractivity contribution in [1.82, 2.24) is 10.6 Å². The minimum atomic E-state index is -0.953. The summed E-state index contributed by atoms with van der Waals surface area (Å²) in [6.07, 6.45) is 9.87. The molecule has 2 aliphatic rings. The Labute approximate surface area is 183 Å². The van der Waals surface area contributed by atoms with Crippen molar-refractivity contribution < 1.29 is 19.1 Å². The van der Waals surface area contributed by atoms with Gasteiger partial charge < -0.3 is 26.4 Å². The summed E-state index contributed by atoms with van der Waals surface area (Å²) < 4.78 is 15.0. The van der Waals surface area contributed by atoms with Crippen LogP contribution in [0.5, 0.6) is 0 Å². The van der Waals surface area contributed by atoms with E-state index in [4.69, 9.17) is 5.11 Å². The maximum atomic E-state index is 15.0. The molecule has 0 atom stereocenters. The Morgan fingerprint density at radius 2 is 1.77 bits per heavy atom. The van der Waals surface area contributed by atoms with E-state index in [0.29, 0.717) is 17.9 Å². The first-order valence-corrected chi connectivity index (χ1v) is 11.5. The van der Waals surface area contributed by atoms with Crippen molar-refractivity contribution in [3.8, 4) is 0 Å². The molecule has 8 heteroatoms. The van der Waals surface area contributed by atoms with Crippen molar-refractivity contribution in [3.05, 3.63) is 23.5 Å². The van der Waals surface area contributed by atoms with Gasteiger partial charge in [-0.15, -0.1) is 0 Å². The van der Waals surface area contributed by atoms with Gasteiger partial charge in [0.25, 0.3) is 5.91 Å². The first-order valence-electron chi connectivity index (χ1n) is 11.5. The monoisotopic (exact) mass is 434 g/mol. The van der Waals surface area contributed by atoms with Crippen molar-refractivity contribution in [2.24, 2.45) is 0 Å². The molecule has 2 saturated carbocycles. The third-order valence-electron chi connectivity index (χ3n) is 6.32. The van der Waals surface area contributed by atoms with Crippen LogP contribution in [0.2, 0.25) is 0 Å². The molecule has 1 aromatic carbocycles. The van der Waals surface area contributed by atoms with Crippen molar-refractivity contribution in [3.63, 3.8) is 0 Å². The fraction of sp³-hybridized carbons (Fsp3) is 0.652. The Morgan fingerprint density at radius 1 is 1.06 bits per heavy atom. The van der Waals surface area contributed by atoms with Crippen LogP contribution in [-0.4, -0.2) is 48.2 Å². The molecular weight excluding hydrogens is 399 g/mol. The van der Waals surface area contributed by atoms with Gasteiger partial charge in [-0.25, -0.2) is 4.39 Å². The molecule has 2 fully saturated rings. The first-order chi connectivity index (χ1) is 14.9. The molecule has 0 bridgehead atoms. The van der Waals surface area contributed by atoms with Crippen LogP contribution in [0.1, 0.15) is 75.1 Å². The lowest BCUT2D eigenvalue weighted by Crippen LogP contribution is -2.37. The minimum absolute atomic E-state index is 0.136. The molecule has 0 spiro atoms. The van der Waals surface area contributed by atoms with Crippen molar-refractivity contribution in [2.75, 3.05) is 30.3 Å². The standard InChI is InChI=1S/C23H35FN4O3/c1-23(9-5-2-6-10-23)28-20-14-19(27-16-7-3-4-8-16)17(13-18(20)24)22(31)26-12-11-25-15-21(29)30/h13-14,16,25,27-28H,2-12,15H2,1H3,(H,26,31)(H,29,30). The number of halogens is 1. The number of nitrogens with one attached hydrogen (secondary N) is 4. The average Bonchev–Trinajstić information content (AvgIpc) is 3.23. The van der Waals surface area contributed by atoms with E-state index >= 15 is 4.39 Å². The van der Waals surface area contributed by atoms with Crippen LogP contribution < -0.4 is 21.3 Å². The lowest BCUT2D eigenvalue weighted by atomic mass is 9.83. The third-order valence-corrected chi connectivity index (χ3v) is 6.32. The first kappa shape index (κ1) is 23.3. The summed E-state index contributed by atoms with van der Waals surface area (Å²) in [5, 5.41) is 21.0. The number of benzene rings is 1. The molecule has 7 nitrogen and oxygen atoms in total. The highest BCUT2D eigenvalue weighted by atomic mass is 19.1. The zero-order valence-electron chi connectivity index (χ0n) is 18.4. The summed E-state index contributed by atoms with van der Waals surface area (Å²) in [6, 6.07) is 3.34. The second-order valence-corrected chi connectivity index (χ2v) is 9.08. The summed E-state index contributed by atoms with van der Waals surface area (Å²) in [4.78, 5) is 23.3. The second-order valence-electron chi connectivity index (χ2n) is 9.08. The zero-order chi connectivity index (χ0) is 22.3. The van der Waals surface area contributed by atoms with Crippen LogP contribution in [0.4, 0.5) is 15.8 Å². The molecule has 3 rings (SSSR count). The number of hydrogen-bond donors (Lipinski definition) is 5. The van der Waals surface area contributed by atoms with E-state index in [9.17, 15) is 9.59 Å². The highest BCUT2D eigenvalue weighted by Gasteiger charge is 2.28. The van der Waals surface area contributed by atoms with Crippen LogP contribution in [0, 0.1) is 5.82 Å². The van der Waals surface area contributed by atoms with E-state index in [1.54, 1.807) is 6.07 Å². The molecule has 0 saturated heterocycles. The fourth-order valence-electron chi connectivity index (χ4n) is 4.60. The highest BCUT2D eigenvalue weighted by Crippen LogP contribution is 2.35. The van der Waals surface area contributed by atoms with Crippen molar-refractivity contribution >= 4 is 23.3 Å². The number of carboxylic acid groups (broad SMARTS) is 1. The van der Waals surface area contributed by atoms with Crippen LogP contribution >= 0.6 is 0 Å². The summed E-state index contributed by atoms with van der Waals surface area (Å²) in [7, 11) is 0. The molecule has 0 aliphatic heterocycles. The maximum Gasteiger partial charge on any atom is 0.317 e. The molecule has 0 heterocycles. The number of rotatable bonds is 10. The Morgan fingerprint density at radius 3 is 2.45 bits per heavy atom. The third kappa shape index (κ3) is 6.82. The second kappa shape index (κ2) is 10.8. The largest absolute Gasteiger partial charge is 0.480 e. The molecular formula is C23H35FN4O3. The molecule has 0 unspecified atom stereocenters. The van der Waals surface area contributed by atoms with Gasteiger partial charge in [-0.05, 0) is 44.7 Å². The highest BCUT2D eigenvalue weighted by molar-refractivity contribution is 6.00. The number of hydrogen-bond acceptors (Lipinski definition) is 5. The van der Waals surface area contributed by atoms with Crippen LogP contribution in [0.25, 0.3) is 0 Å². The van der Waals surface area contributed by atoms with Gasteiger partial charge in [0.1, 0.15) is 5.82 Å². The Hall–Kier alpha value is -2.35. The van der Waals surface area contributed by atoms with Gasteiger partial charge in [-0.3, -0.25) is 9.59 Å². The lowest BCUT2D eigenvalue weighted by Gasteiger charge is -2.36. The van der Waals surface area contributed by atoms with E-state index in [-0.39, 0.29) is 36.1 Å². The van der Waals surface area contributed by atoms with Gasteiger partial charge in [0.15, 0.2) is 0 Å². The van der Waals surface area contributed by atoms with Gasteiger partial charge in [-0.2, -0.15) is 0 Å². The average molecular weight is 435 g/mol. The number of carbonyl (C=O) groups excluding carboxylic acids is 1. The van der Waals surface area contributed by atoms with Crippen LogP contribution in [0.3, 0.4) is 0 Å². The van der Waals surface area contributed by atoms with E-state index in [0.717, 1.165) is 51.4 Å². The van der Waals surface area contributed by atoms with E-state index in [2.05, 4.69) is 28.2 Å². The van der Waals surface area contributed by atoms with Crippen LogP contribution in [0.15, 0.2) is 12.1 Å². The topological polar surface area (TPSA) is 102 Å². The molecule has 1 aromatic rings. The molecule has 172 valence electrons. The molecule has 31 heavy (non-hydrogen) atoms. The summed E-state index contributed by atoms with van der Waals surface area (Å²) >= 11 is 0. The number of amides is 1. The molecule has 1 amide bonds. The minimum Gasteiger partial charge on any atom is -0.480 e. The SMILES string of the molecule is CC1(Nc2cc(NC3CCCC3)c(C(=O)NCCNCC(=O)O)cc2F)CCCCC1. The van der Waals surface area contributed by atoms with Crippen molar-refractivity contribution in [2.45, 2.75) is 76.3 Å². The van der Waals surface area contributed by atoms with E-state index in [1.807, 2.05) is 0 Å². The van der Waals surface area contributed by atoms with Crippen LogP contribution in [-0.2, 0) is 4.79 Å². The number of carbonyl (C=O) groups is 2. The summed E-state index contributed by atoms with van der Waals surface area (Å²) in [6.45, 7) is 2.55. The number of anilines is 2. The van der Waals surface area contributed by atoms with Gasteiger partial charge in [0.05, 0.1) is 17.8 Å². The fourth-order valence-corrected chi connectivity index (χ4v) is 4.60. The van der Waals surface area contributed by atoms with Gasteiger partial charge >= 0.3 is 5.97 Å². The predicted octanol–water partition coefficient (Wildman–Crippen LogP) is 3.72. The molecule has 0 radical (unpaired) electrons. The summed E-state index contributed by atoms with van der Waals surface area (Å²) in [5.41, 5.74) is 1.22. The molecule has 2 aliphatic carbocycles. The summed E-state index contributed by atoms with van der Waals surface area (Å²) in [5.74, 6) is -1.75. The Balaban J connectivity index is 1.74. The number of carboxylic acids is 1. The zero-order valence-corrected chi connectivity index (χ0v) is 18.4. The van der Waals surface area contributed by atoms with Gasteiger partial charge in [-0.1, -0.05) is 32.1 Å². The number of aliphatic carboxylic acids is 1. The van der Waals surface area contributed by atoms with E-state index in [1.165, 1.54) is 12.5 Å². The predicted molar refractivity (Wildman–Crippen MR) is 120 cm³/mol. The smallest absolute Gasteiger partial charge is 0.317 e. The maximum absolute atomic E-state index is 15.0. The van der Waals surface area contributed by atoms with Crippen molar-refractivity contribution in [1.29, 1.82) is 0 Å². The normalized spacial score (nSPS) is 18.5. The Kier molecular flexibility index (Phi) is 8.12. The lowest BCUT2D eigenvalue weighted by molar-refractivity contribution is -0.135. The van der Waals surface area contributed by atoms with Gasteiger partial charge in [0.2, 0.25) is 0 Å². The molecule has 5 N–H and O–H groups in total.